The first-order valence-corrected chi connectivity index (χ1v) is 24.8. The maximum atomic E-state index is 13.7. The summed E-state index contributed by atoms with van der Waals surface area (Å²) in [6.07, 6.45) is 5.53. The summed E-state index contributed by atoms with van der Waals surface area (Å²) in [6, 6.07) is 21.7. The highest BCUT2D eigenvalue weighted by atomic mass is 32.1. The lowest BCUT2D eigenvalue weighted by Crippen LogP contribution is -2.40. The minimum absolute atomic E-state index is 0.108. The van der Waals surface area contributed by atoms with E-state index >= 15 is 0 Å². The van der Waals surface area contributed by atoms with Crippen molar-refractivity contribution in [2.45, 2.75) is 96.7 Å². The summed E-state index contributed by atoms with van der Waals surface area (Å²) in [7, 11) is 0. The maximum Gasteiger partial charge on any atom is 0.333 e. The zero-order chi connectivity index (χ0) is 53.2. The Balaban J connectivity index is 0.941. The van der Waals surface area contributed by atoms with Crippen molar-refractivity contribution in [3.8, 4) is 45.1 Å². The number of hydrogen-bond donors (Lipinski definition) is 0. The van der Waals surface area contributed by atoms with Crippen molar-refractivity contribution in [2.24, 2.45) is 23.7 Å². The molecule has 2 saturated carbocycles. The Bertz CT molecular complexity index is 2890. The number of nitro groups is 1. The number of benzene rings is 4. The number of thiazole rings is 1. The van der Waals surface area contributed by atoms with Crippen molar-refractivity contribution in [1.82, 2.24) is 4.98 Å². The molecule has 0 N–H and O–H groups in total. The zero-order valence-corrected chi connectivity index (χ0v) is 42.2. The number of nitro benzene ring substituents is 1. The average Bonchev–Trinajstić information content (AvgIpc) is 3.84. The van der Waals surface area contributed by atoms with Crippen LogP contribution >= 0.6 is 11.3 Å². The van der Waals surface area contributed by atoms with Crippen LogP contribution in [0.1, 0.15) is 85.5 Å². The van der Waals surface area contributed by atoms with Gasteiger partial charge in [-0.1, -0.05) is 13.2 Å². The Kier molecular flexibility index (Phi) is 17.3. The molecule has 0 aliphatic heterocycles. The van der Waals surface area contributed by atoms with E-state index in [0.717, 1.165) is 23.5 Å². The van der Waals surface area contributed by atoms with Gasteiger partial charge in [0, 0.05) is 36.3 Å². The summed E-state index contributed by atoms with van der Waals surface area (Å²) in [4.78, 5) is 92.4. The van der Waals surface area contributed by atoms with Gasteiger partial charge in [0.1, 0.15) is 49.4 Å². The molecule has 4 aromatic carbocycles. The van der Waals surface area contributed by atoms with E-state index in [1.165, 1.54) is 24.3 Å². The second-order valence-corrected chi connectivity index (χ2v) is 20.1. The average molecular weight is 1030 g/mol. The van der Waals surface area contributed by atoms with E-state index in [4.69, 9.17) is 42.9 Å². The fourth-order valence-electron chi connectivity index (χ4n) is 9.01. The highest BCUT2D eigenvalue weighted by Crippen LogP contribution is 2.43. The van der Waals surface area contributed by atoms with Crippen LogP contribution in [0.15, 0.2) is 110 Å². The first-order valence-electron chi connectivity index (χ1n) is 24.0. The van der Waals surface area contributed by atoms with E-state index in [1.807, 2.05) is 13.8 Å². The highest BCUT2D eigenvalue weighted by Gasteiger charge is 2.36. The predicted molar refractivity (Wildman–Crippen MR) is 270 cm³/mol. The normalized spacial score (nSPS) is 17.7. The van der Waals surface area contributed by atoms with Crippen LogP contribution in [0.5, 0.6) is 34.5 Å². The molecule has 5 aromatic rings. The lowest BCUT2D eigenvalue weighted by atomic mass is 9.82. The molecule has 388 valence electrons. The minimum atomic E-state index is -0.809. The number of ether oxygens (including phenoxy) is 8. The van der Waals surface area contributed by atoms with Gasteiger partial charge < -0.3 is 37.9 Å². The second kappa shape index (κ2) is 23.7. The molecule has 0 atom stereocenters. The van der Waals surface area contributed by atoms with Crippen LogP contribution in [0.2, 0.25) is 0 Å². The quantitative estimate of drug-likeness (QED) is 0.0176. The molecule has 0 unspecified atom stereocenters. The van der Waals surface area contributed by atoms with Crippen LogP contribution in [0.25, 0.3) is 20.8 Å². The standard InChI is InChI=1S/C55H56N2O16S/c1-7-45(58)67-32-66-39-21-23-40(24-22-39)68-50(60)35-11-15-37(16-12-35)53(63)71-44-30-29-43(47-48(44)74-49(56-47)33-17-19-38(20-18-33)57(64)65)70-52(62)36-13-9-34(10-14-36)51(61)69-41-25-27-42(28-26-41)72-54(3,4)31-55(5,6)73-46(59)8-2/h7-8,17-30,34-37H,1-2,9-16,31-32H2,3-6H3. The molecule has 0 saturated heterocycles. The number of nitrogens with zero attached hydrogens (tertiary/aromatic N) is 2. The third-order valence-electron chi connectivity index (χ3n) is 12.5. The van der Waals surface area contributed by atoms with E-state index < -0.39 is 75.6 Å². The van der Waals surface area contributed by atoms with Gasteiger partial charge in [-0.05, 0) is 152 Å². The van der Waals surface area contributed by atoms with Gasteiger partial charge in [0.2, 0.25) is 6.79 Å². The van der Waals surface area contributed by atoms with Crippen LogP contribution in [-0.4, -0.2) is 63.7 Å². The summed E-state index contributed by atoms with van der Waals surface area (Å²) < 4.78 is 45.5. The monoisotopic (exact) mass is 1030 g/mol. The van der Waals surface area contributed by atoms with Crippen molar-refractivity contribution in [1.29, 1.82) is 0 Å². The van der Waals surface area contributed by atoms with Crippen LogP contribution in [0.4, 0.5) is 5.69 Å². The number of carbonyl (C=O) groups excluding carboxylic acids is 6. The number of rotatable bonds is 20. The molecule has 0 radical (unpaired) electrons. The third kappa shape index (κ3) is 14.4. The molecular weight excluding hydrogens is 977 g/mol. The van der Waals surface area contributed by atoms with Crippen LogP contribution < -0.4 is 28.4 Å². The second-order valence-electron chi connectivity index (χ2n) is 19.1. The van der Waals surface area contributed by atoms with Gasteiger partial charge >= 0.3 is 35.8 Å². The van der Waals surface area contributed by atoms with Gasteiger partial charge in [0.05, 0.1) is 28.6 Å². The van der Waals surface area contributed by atoms with Crippen LogP contribution in [-0.2, 0) is 38.2 Å². The number of esters is 6. The molecule has 19 heteroatoms. The SMILES string of the molecule is C=CC(=O)OCOc1ccc(OC(=O)C2CCC(C(=O)Oc3ccc(OC(=O)C4CCC(C(=O)Oc5ccc(OC(C)(C)CC(C)(C)OC(=O)C=C)cc5)CC4)c4nc(-c5ccc([N+](=O)[O-])cc5)sc34)CC2)cc1. The van der Waals surface area contributed by atoms with E-state index in [1.54, 1.807) is 74.5 Å². The van der Waals surface area contributed by atoms with Crippen LogP contribution in [0, 0.1) is 33.8 Å². The highest BCUT2D eigenvalue weighted by molar-refractivity contribution is 7.22. The smallest absolute Gasteiger partial charge is 0.333 e. The molecule has 74 heavy (non-hydrogen) atoms. The maximum absolute atomic E-state index is 13.7. The van der Waals surface area contributed by atoms with Gasteiger partial charge in [-0.3, -0.25) is 29.3 Å². The van der Waals surface area contributed by atoms with E-state index in [0.29, 0.717) is 96.1 Å². The molecule has 0 bridgehead atoms. The Morgan fingerprint density at radius 1 is 0.608 bits per heavy atom. The van der Waals surface area contributed by atoms with E-state index in [2.05, 4.69) is 13.2 Å². The lowest BCUT2D eigenvalue weighted by molar-refractivity contribution is -0.384. The summed E-state index contributed by atoms with van der Waals surface area (Å²) >= 11 is 1.16. The molecule has 1 aromatic heterocycles. The number of carbonyl (C=O) groups is 6. The lowest BCUT2D eigenvalue weighted by Gasteiger charge is -2.34. The molecule has 2 aliphatic carbocycles. The number of fused-ring (bicyclic) bond motifs is 1. The van der Waals surface area contributed by atoms with Gasteiger partial charge in [-0.2, -0.15) is 0 Å². The Labute approximate surface area is 430 Å². The minimum Gasteiger partial charge on any atom is -0.488 e. The fraction of sp³-hybridized carbons (Fsp3) is 0.364. The molecule has 7 rings (SSSR count). The fourth-order valence-corrected chi connectivity index (χ4v) is 10.0. The number of aromatic nitrogens is 1. The first kappa shape index (κ1) is 53.9. The van der Waals surface area contributed by atoms with E-state index in [9.17, 15) is 38.9 Å². The first-order chi connectivity index (χ1) is 35.3. The number of hydrogen-bond acceptors (Lipinski definition) is 18. The summed E-state index contributed by atoms with van der Waals surface area (Å²) in [5, 5.41) is 11.8. The van der Waals surface area contributed by atoms with Gasteiger partial charge in [-0.15, -0.1) is 11.3 Å². The Morgan fingerprint density at radius 3 is 1.54 bits per heavy atom. The molecule has 1 heterocycles. The molecule has 0 amide bonds. The van der Waals surface area contributed by atoms with Crippen LogP contribution in [0.3, 0.4) is 0 Å². The molecular formula is C55H56N2O16S. The Hall–Kier alpha value is -7.93. The Morgan fingerprint density at radius 2 is 1.05 bits per heavy atom. The van der Waals surface area contributed by atoms with Crippen molar-refractivity contribution in [3.05, 3.63) is 120 Å². The summed E-state index contributed by atoms with van der Waals surface area (Å²) in [5.41, 5.74) is -0.825. The summed E-state index contributed by atoms with van der Waals surface area (Å²) in [5.74, 6) is -3.09. The molecule has 2 fully saturated rings. The van der Waals surface area contributed by atoms with E-state index in [-0.39, 0.29) is 29.5 Å². The predicted octanol–water partition coefficient (Wildman–Crippen LogP) is 10.6. The third-order valence-corrected chi connectivity index (χ3v) is 13.6. The van der Waals surface area contributed by atoms with Crippen molar-refractivity contribution in [2.75, 3.05) is 6.79 Å². The number of non-ortho nitro benzene ring substituents is 1. The largest absolute Gasteiger partial charge is 0.488 e. The van der Waals surface area contributed by atoms with Crippen molar-refractivity contribution < 1.29 is 71.6 Å². The van der Waals surface area contributed by atoms with Gasteiger partial charge in [-0.25, -0.2) is 14.6 Å². The van der Waals surface area contributed by atoms with Crippen molar-refractivity contribution in [3.63, 3.8) is 0 Å². The zero-order valence-electron chi connectivity index (χ0n) is 41.4. The van der Waals surface area contributed by atoms with Gasteiger partial charge in [0.25, 0.3) is 5.69 Å². The summed E-state index contributed by atoms with van der Waals surface area (Å²) in [6.45, 7) is 13.8. The molecule has 2 aliphatic rings. The van der Waals surface area contributed by atoms with Gasteiger partial charge in [0.15, 0.2) is 11.5 Å². The topological polar surface area (TPSA) is 232 Å². The molecule has 0 spiro atoms. The van der Waals surface area contributed by atoms with Crippen molar-refractivity contribution >= 4 is 63.1 Å². The molecule has 18 nitrogen and oxygen atoms in total.